The highest BCUT2D eigenvalue weighted by atomic mass is 19.1. The van der Waals surface area contributed by atoms with Gasteiger partial charge in [0, 0.05) is 25.2 Å². The van der Waals surface area contributed by atoms with Crippen molar-refractivity contribution in [1.82, 2.24) is 10.2 Å². The molecular formula is C18H27FN2O2. The molecule has 0 bridgehead atoms. The topological polar surface area (TPSA) is 41.6 Å². The molecule has 0 aliphatic carbocycles. The highest BCUT2D eigenvalue weighted by Gasteiger charge is 2.30. The lowest BCUT2D eigenvalue weighted by atomic mass is 10.0. The molecule has 0 saturated carbocycles. The maximum atomic E-state index is 13.7. The highest BCUT2D eigenvalue weighted by molar-refractivity contribution is 5.68. The zero-order chi connectivity index (χ0) is 17.2. The molecule has 1 amide bonds. The number of hydrogen-bond acceptors (Lipinski definition) is 3. The van der Waals surface area contributed by atoms with Crippen molar-refractivity contribution >= 4 is 6.09 Å². The molecule has 128 valence electrons. The van der Waals surface area contributed by atoms with E-state index in [-0.39, 0.29) is 24.0 Å². The van der Waals surface area contributed by atoms with Crippen molar-refractivity contribution in [3.05, 3.63) is 35.1 Å². The van der Waals surface area contributed by atoms with Crippen LogP contribution in [0.4, 0.5) is 9.18 Å². The molecule has 1 saturated heterocycles. The van der Waals surface area contributed by atoms with Gasteiger partial charge in [-0.3, -0.25) is 0 Å². The molecule has 23 heavy (non-hydrogen) atoms. The Hall–Kier alpha value is -1.62. The van der Waals surface area contributed by atoms with Gasteiger partial charge in [0.05, 0.1) is 0 Å². The molecule has 1 aromatic carbocycles. The monoisotopic (exact) mass is 322 g/mol. The quantitative estimate of drug-likeness (QED) is 0.920. The Morgan fingerprint density at radius 1 is 1.43 bits per heavy atom. The third-order valence-corrected chi connectivity index (χ3v) is 4.02. The lowest BCUT2D eigenvalue weighted by Crippen LogP contribution is -2.39. The van der Waals surface area contributed by atoms with Crippen molar-refractivity contribution in [3.63, 3.8) is 0 Å². The van der Waals surface area contributed by atoms with E-state index in [1.807, 2.05) is 33.8 Å². The van der Waals surface area contributed by atoms with E-state index in [0.29, 0.717) is 18.7 Å². The van der Waals surface area contributed by atoms with E-state index in [1.54, 1.807) is 24.0 Å². The molecule has 1 aromatic rings. The van der Waals surface area contributed by atoms with Crippen molar-refractivity contribution in [2.75, 3.05) is 13.1 Å². The lowest BCUT2D eigenvalue weighted by molar-refractivity contribution is 0.0290. The Morgan fingerprint density at radius 2 is 2.13 bits per heavy atom. The molecule has 2 unspecified atom stereocenters. The Kier molecular flexibility index (Phi) is 5.30. The smallest absolute Gasteiger partial charge is 0.410 e. The molecule has 2 atom stereocenters. The van der Waals surface area contributed by atoms with Crippen molar-refractivity contribution < 1.29 is 13.9 Å². The van der Waals surface area contributed by atoms with E-state index < -0.39 is 5.60 Å². The van der Waals surface area contributed by atoms with Crippen LogP contribution in [0.3, 0.4) is 0 Å². The Morgan fingerprint density at radius 3 is 2.74 bits per heavy atom. The third kappa shape index (κ3) is 4.93. The summed E-state index contributed by atoms with van der Waals surface area (Å²) in [7, 11) is 0. The molecule has 1 aliphatic heterocycles. The molecule has 0 radical (unpaired) electrons. The Balaban J connectivity index is 1.89. The molecule has 2 rings (SSSR count). The van der Waals surface area contributed by atoms with E-state index in [9.17, 15) is 9.18 Å². The van der Waals surface area contributed by atoms with Gasteiger partial charge in [-0.15, -0.1) is 0 Å². The van der Waals surface area contributed by atoms with Gasteiger partial charge in [-0.25, -0.2) is 9.18 Å². The van der Waals surface area contributed by atoms with Crippen molar-refractivity contribution in [3.8, 4) is 0 Å². The number of hydrogen-bond donors (Lipinski definition) is 1. The minimum Gasteiger partial charge on any atom is -0.444 e. The molecule has 0 aromatic heterocycles. The summed E-state index contributed by atoms with van der Waals surface area (Å²) < 4.78 is 19.1. The largest absolute Gasteiger partial charge is 0.444 e. The number of halogens is 1. The van der Waals surface area contributed by atoms with Gasteiger partial charge in [-0.05, 0) is 58.2 Å². The fourth-order valence-corrected chi connectivity index (χ4v) is 2.72. The summed E-state index contributed by atoms with van der Waals surface area (Å²) in [5.74, 6) is -0.182. The lowest BCUT2D eigenvalue weighted by Gasteiger charge is -2.25. The number of aryl methyl sites for hydroxylation is 1. The summed E-state index contributed by atoms with van der Waals surface area (Å²) >= 11 is 0. The zero-order valence-electron chi connectivity index (χ0n) is 14.6. The molecule has 0 spiro atoms. The summed E-state index contributed by atoms with van der Waals surface area (Å²) in [4.78, 5) is 13.8. The van der Waals surface area contributed by atoms with Crippen LogP contribution in [0.2, 0.25) is 0 Å². The number of rotatable bonds is 3. The maximum Gasteiger partial charge on any atom is 0.410 e. The number of carbonyl (C=O) groups is 1. The van der Waals surface area contributed by atoms with Crippen LogP contribution < -0.4 is 5.32 Å². The van der Waals surface area contributed by atoms with E-state index in [4.69, 9.17) is 4.74 Å². The van der Waals surface area contributed by atoms with Gasteiger partial charge < -0.3 is 15.0 Å². The van der Waals surface area contributed by atoms with Crippen LogP contribution in [-0.2, 0) is 4.74 Å². The first kappa shape index (κ1) is 17.7. The number of benzene rings is 1. The molecule has 1 aliphatic rings. The number of nitrogens with one attached hydrogen (secondary N) is 1. The molecule has 1 fully saturated rings. The number of likely N-dealkylation sites (tertiary alicyclic amines) is 1. The first-order chi connectivity index (χ1) is 10.7. The van der Waals surface area contributed by atoms with E-state index in [2.05, 4.69) is 5.32 Å². The number of amides is 1. The summed E-state index contributed by atoms with van der Waals surface area (Å²) in [6.45, 7) is 10.7. The van der Waals surface area contributed by atoms with Crippen LogP contribution in [0.5, 0.6) is 0 Å². The zero-order valence-corrected chi connectivity index (χ0v) is 14.6. The third-order valence-electron chi connectivity index (χ3n) is 4.02. The van der Waals surface area contributed by atoms with Gasteiger partial charge in [-0.1, -0.05) is 12.1 Å². The molecule has 4 nitrogen and oxygen atoms in total. The molecule has 1 heterocycles. The van der Waals surface area contributed by atoms with E-state index in [1.165, 1.54) is 0 Å². The minimum atomic E-state index is -0.477. The highest BCUT2D eigenvalue weighted by Crippen LogP contribution is 2.20. The second-order valence-electron chi connectivity index (χ2n) is 7.31. The first-order valence-electron chi connectivity index (χ1n) is 8.16. The summed E-state index contributed by atoms with van der Waals surface area (Å²) in [6, 6.07) is 5.55. The second-order valence-corrected chi connectivity index (χ2v) is 7.31. The Bertz CT molecular complexity index is 569. The minimum absolute atomic E-state index is 0.0358. The molecule has 1 N–H and O–H groups in total. The van der Waals surface area contributed by atoms with E-state index in [0.717, 1.165) is 12.0 Å². The van der Waals surface area contributed by atoms with Crippen molar-refractivity contribution in [2.45, 2.75) is 58.7 Å². The summed E-state index contributed by atoms with van der Waals surface area (Å²) in [5, 5.41) is 3.47. The maximum absolute atomic E-state index is 13.7. The fourth-order valence-electron chi connectivity index (χ4n) is 2.72. The summed E-state index contributed by atoms with van der Waals surface area (Å²) in [5.41, 5.74) is 1.09. The molecule has 5 heteroatoms. The predicted molar refractivity (Wildman–Crippen MR) is 88.9 cm³/mol. The number of ether oxygens (including phenoxy) is 1. The van der Waals surface area contributed by atoms with Crippen LogP contribution in [-0.4, -0.2) is 35.7 Å². The standard InChI is InChI=1S/C18H27FN2O2/c1-12-6-7-14(10-16(12)19)13(2)20-15-8-9-21(11-15)17(22)23-18(3,4)5/h6-7,10,13,15,20H,8-9,11H2,1-5H3. The SMILES string of the molecule is Cc1ccc(C(C)NC2CCN(C(=O)OC(C)(C)C)C2)cc1F. The van der Waals surface area contributed by atoms with Gasteiger partial charge in [-0.2, -0.15) is 0 Å². The average molecular weight is 322 g/mol. The van der Waals surface area contributed by atoms with Gasteiger partial charge >= 0.3 is 6.09 Å². The predicted octanol–water partition coefficient (Wildman–Crippen LogP) is 3.79. The average Bonchev–Trinajstić information content (AvgIpc) is 2.88. The van der Waals surface area contributed by atoms with Crippen LogP contribution in [0.25, 0.3) is 0 Å². The van der Waals surface area contributed by atoms with Gasteiger partial charge in [0.2, 0.25) is 0 Å². The van der Waals surface area contributed by atoms with Crippen LogP contribution in [0.1, 0.15) is 51.3 Å². The fraction of sp³-hybridized carbons (Fsp3) is 0.611. The summed E-state index contributed by atoms with van der Waals surface area (Å²) in [6.07, 6.45) is 0.605. The van der Waals surface area contributed by atoms with Gasteiger partial charge in [0.1, 0.15) is 11.4 Å². The van der Waals surface area contributed by atoms with Crippen LogP contribution in [0.15, 0.2) is 18.2 Å². The van der Waals surface area contributed by atoms with E-state index >= 15 is 0 Å². The molecular weight excluding hydrogens is 295 g/mol. The van der Waals surface area contributed by atoms with Crippen LogP contribution in [0, 0.1) is 12.7 Å². The number of carbonyl (C=O) groups excluding carboxylic acids is 1. The second kappa shape index (κ2) is 6.87. The number of nitrogens with zero attached hydrogens (tertiary/aromatic N) is 1. The van der Waals surface area contributed by atoms with Crippen molar-refractivity contribution in [2.24, 2.45) is 0 Å². The van der Waals surface area contributed by atoms with Crippen molar-refractivity contribution in [1.29, 1.82) is 0 Å². The first-order valence-corrected chi connectivity index (χ1v) is 8.16. The van der Waals surface area contributed by atoms with Gasteiger partial charge in [0.15, 0.2) is 0 Å². The van der Waals surface area contributed by atoms with Gasteiger partial charge in [0.25, 0.3) is 0 Å². The van der Waals surface area contributed by atoms with Crippen LogP contribution >= 0.6 is 0 Å². The Labute approximate surface area is 138 Å². The normalized spacial score (nSPS) is 19.7.